The summed E-state index contributed by atoms with van der Waals surface area (Å²) in [6.45, 7) is 0. The van der Waals surface area contributed by atoms with E-state index in [4.69, 9.17) is 5.73 Å². The van der Waals surface area contributed by atoms with E-state index in [0.717, 1.165) is 0 Å². The van der Waals surface area contributed by atoms with Crippen LogP contribution in [-0.2, 0) is 4.79 Å². The smallest absolute Gasteiger partial charge is 0.253 e. The van der Waals surface area contributed by atoms with Gasteiger partial charge in [-0.3, -0.25) is 4.79 Å². The first-order valence-corrected chi connectivity index (χ1v) is 3.69. The minimum Gasteiger partial charge on any atom is -0.349 e. The summed E-state index contributed by atoms with van der Waals surface area (Å²) in [6.07, 6.45) is -2.42. The molecule has 1 unspecified atom stereocenters. The third-order valence-electron chi connectivity index (χ3n) is 1.51. The number of alkyl halides is 2. The molecular formula is C7H14F2N2O. The Bertz CT molecular complexity index is 150. The number of carbonyl (C=O) groups excluding carboxylic acids is 1. The van der Waals surface area contributed by atoms with Crippen molar-refractivity contribution in [2.75, 3.05) is 14.1 Å². The van der Waals surface area contributed by atoms with Crippen molar-refractivity contribution in [3.05, 3.63) is 0 Å². The molecule has 0 aliphatic carbocycles. The molecule has 0 aliphatic heterocycles. The first-order valence-electron chi connectivity index (χ1n) is 3.69. The normalized spacial score (nSPS) is 13.2. The molecule has 1 atom stereocenters. The molecule has 0 bridgehead atoms. The van der Waals surface area contributed by atoms with E-state index in [0.29, 0.717) is 0 Å². The lowest BCUT2D eigenvalue weighted by molar-refractivity contribution is -0.129. The molecule has 0 heterocycles. The zero-order valence-electron chi connectivity index (χ0n) is 7.26. The molecule has 72 valence electrons. The van der Waals surface area contributed by atoms with Crippen molar-refractivity contribution in [1.29, 1.82) is 0 Å². The molecule has 12 heavy (non-hydrogen) atoms. The van der Waals surface area contributed by atoms with E-state index < -0.39 is 12.5 Å². The summed E-state index contributed by atoms with van der Waals surface area (Å²) in [5, 5.41) is 0. The topological polar surface area (TPSA) is 46.3 Å². The summed E-state index contributed by atoms with van der Waals surface area (Å²) >= 11 is 0. The molecule has 0 saturated heterocycles. The first-order chi connectivity index (χ1) is 5.45. The predicted octanol–water partition coefficient (Wildman–Crippen LogP) is 0.447. The van der Waals surface area contributed by atoms with Gasteiger partial charge in [-0.1, -0.05) is 0 Å². The van der Waals surface area contributed by atoms with Crippen molar-refractivity contribution >= 4 is 5.91 Å². The average molecular weight is 180 g/mol. The number of rotatable bonds is 4. The zero-order chi connectivity index (χ0) is 9.72. The van der Waals surface area contributed by atoms with Gasteiger partial charge in [0.2, 0.25) is 5.91 Å². The number of nitrogens with zero attached hydrogens (tertiary/aromatic N) is 1. The highest BCUT2D eigenvalue weighted by molar-refractivity contribution is 5.75. The molecule has 0 saturated carbocycles. The Kier molecular flexibility index (Phi) is 4.73. The average Bonchev–Trinajstić information content (AvgIpc) is 1.98. The van der Waals surface area contributed by atoms with Crippen molar-refractivity contribution in [3.63, 3.8) is 0 Å². The number of nitrogens with two attached hydrogens (primary N) is 1. The Hall–Kier alpha value is -0.710. The summed E-state index contributed by atoms with van der Waals surface area (Å²) < 4.78 is 23.7. The van der Waals surface area contributed by atoms with Gasteiger partial charge in [0, 0.05) is 20.5 Å². The fourth-order valence-electron chi connectivity index (χ4n) is 0.640. The van der Waals surface area contributed by atoms with E-state index >= 15 is 0 Å². The molecule has 1 amide bonds. The highest BCUT2D eigenvalue weighted by Gasteiger charge is 2.16. The second kappa shape index (κ2) is 5.03. The molecule has 0 aliphatic rings. The van der Waals surface area contributed by atoms with Gasteiger partial charge in [0.25, 0.3) is 6.43 Å². The Balaban J connectivity index is 3.61. The third kappa shape index (κ3) is 4.23. The molecule has 0 fully saturated rings. The molecule has 5 heteroatoms. The molecule has 0 aromatic rings. The molecule has 0 aromatic heterocycles. The van der Waals surface area contributed by atoms with Gasteiger partial charge in [-0.2, -0.15) is 0 Å². The standard InChI is InChI=1S/C7H14F2N2O/c1-11(2)6(12)4-3-5(10)7(8)9/h5,7H,3-4,10H2,1-2H3. The van der Waals surface area contributed by atoms with Crippen LogP contribution in [0.4, 0.5) is 8.78 Å². The molecular weight excluding hydrogens is 166 g/mol. The Morgan fingerprint density at radius 1 is 1.50 bits per heavy atom. The van der Waals surface area contributed by atoms with Crippen molar-refractivity contribution in [1.82, 2.24) is 4.90 Å². The SMILES string of the molecule is CN(C)C(=O)CCC(N)C(F)F. The lowest BCUT2D eigenvalue weighted by Crippen LogP contribution is -2.31. The van der Waals surface area contributed by atoms with Gasteiger partial charge in [0.1, 0.15) is 0 Å². The lowest BCUT2D eigenvalue weighted by Gasteiger charge is -2.12. The lowest BCUT2D eigenvalue weighted by atomic mass is 10.1. The van der Waals surface area contributed by atoms with Crippen LogP contribution in [0.25, 0.3) is 0 Å². The van der Waals surface area contributed by atoms with Gasteiger partial charge in [0.05, 0.1) is 6.04 Å². The van der Waals surface area contributed by atoms with Gasteiger partial charge in [0.15, 0.2) is 0 Å². The zero-order valence-corrected chi connectivity index (χ0v) is 7.26. The molecule has 0 rings (SSSR count). The van der Waals surface area contributed by atoms with Crippen LogP contribution in [0, 0.1) is 0 Å². The second-order valence-electron chi connectivity index (χ2n) is 2.83. The number of halogens is 2. The van der Waals surface area contributed by atoms with Gasteiger partial charge in [-0.25, -0.2) is 8.78 Å². The number of carbonyl (C=O) groups is 1. The highest BCUT2D eigenvalue weighted by Crippen LogP contribution is 2.05. The maximum Gasteiger partial charge on any atom is 0.253 e. The predicted molar refractivity (Wildman–Crippen MR) is 41.9 cm³/mol. The van der Waals surface area contributed by atoms with E-state index in [1.807, 2.05) is 0 Å². The summed E-state index contributed by atoms with van der Waals surface area (Å²) in [4.78, 5) is 12.3. The van der Waals surface area contributed by atoms with Crippen LogP contribution in [0.3, 0.4) is 0 Å². The maximum atomic E-state index is 11.8. The van der Waals surface area contributed by atoms with Crippen molar-refractivity contribution < 1.29 is 13.6 Å². The van der Waals surface area contributed by atoms with Gasteiger partial charge in [-0.05, 0) is 6.42 Å². The van der Waals surface area contributed by atoms with Crippen LogP contribution in [-0.4, -0.2) is 37.4 Å². The number of hydrogen-bond acceptors (Lipinski definition) is 2. The van der Waals surface area contributed by atoms with E-state index in [1.54, 1.807) is 14.1 Å². The second-order valence-corrected chi connectivity index (χ2v) is 2.83. The fourth-order valence-corrected chi connectivity index (χ4v) is 0.640. The van der Waals surface area contributed by atoms with Crippen LogP contribution in [0.2, 0.25) is 0 Å². The highest BCUT2D eigenvalue weighted by atomic mass is 19.3. The van der Waals surface area contributed by atoms with E-state index in [-0.39, 0.29) is 18.7 Å². The third-order valence-corrected chi connectivity index (χ3v) is 1.51. The Labute approximate surface area is 70.5 Å². The minimum atomic E-state index is -2.54. The van der Waals surface area contributed by atoms with Crippen LogP contribution in [0.5, 0.6) is 0 Å². The van der Waals surface area contributed by atoms with Crippen LogP contribution in [0.1, 0.15) is 12.8 Å². The van der Waals surface area contributed by atoms with Gasteiger partial charge >= 0.3 is 0 Å². The Morgan fingerprint density at radius 3 is 2.33 bits per heavy atom. The molecule has 0 spiro atoms. The number of hydrogen-bond donors (Lipinski definition) is 1. The summed E-state index contributed by atoms with van der Waals surface area (Å²) in [6, 6.07) is -1.19. The molecule has 0 radical (unpaired) electrons. The van der Waals surface area contributed by atoms with Crippen LogP contribution >= 0.6 is 0 Å². The monoisotopic (exact) mass is 180 g/mol. The van der Waals surface area contributed by atoms with E-state index in [9.17, 15) is 13.6 Å². The summed E-state index contributed by atoms with van der Waals surface area (Å²) in [5.74, 6) is -0.175. The largest absolute Gasteiger partial charge is 0.349 e. The van der Waals surface area contributed by atoms with Gasteiger partial charge in [-0.15, -0.1) is 0 Å². The number of amides is 1. The van der Waals surface area contributed by atoms with Gasteiger partial charge < -0.3 is 10.6 Å². The Morgan fingerprint density at radius 2 is 2.00 bits per heavy atom. The molecule has 0 aromatic carbocycles. The summed E-state index contributed by atoms with van der Waals surface area (Å²) in [7, 11) is 3.16. The fraction of sp³-hybridized carbons (Fsp3) is 0.857. The van der Waals surface area contributed by atoms with Crippen molar-refractivity contribution in [2.45, 2.75) is 25.3 Å². The van der Waals surface area contributed by atoms with Crippen molar-refractivity contribution in [2.24, 2.45) is 5.73 Å². The van der Waals surface area contributed by atoms with Crippen LogP contribution < -0.4 is 5.73 Å². The van der Waals surface area contributed by atoms with E-state index in [1.165, 1.54) is 4.90 Å². The van der Waals surface area contributed by atoms with E-state index in [2.05, 4.69) is 0 Å². The quantitative estimate of drug-likeness (QED) is 0.682. The van der Waals surface area contributed by atoms with Crippen molar-refractivity contribution in [3.8, 4) is 0 Å². The minimum absolute atomic E-state index is 0.0364. The molecule has 2 N–H and O–H groups in total. The maximum absolute atomic E-state index is 11.8. The summed E-state index contributed by atoms with van der Waals surface area (Å²) in [5.41, 5.74) is 5.04. The molecule has 3 nitrogen and oxygen atoms in total. The van der Waals surface area contributed by atoms with Crippen LogP contribution in [0.15, 0.2) is 0 Å². The first kappa shape index (κ1) is 11.3.